The smallest absolute Gasteiger partial charge is 0.352 e. The Kier molecular flexibility index (Phi) is 6.67. The van der Waals surface area contributed by atoms with Crippen molar-refractivity contribution in [3.63, 3.8) is 0 Å². The minimum Gasteiger partial charge on any atom is -0.477 e. The lowest BCUT2D eigenvalue weighted by Gasteiger charge is -2.44. The van der Waals surface area contributed by atoms with Crippen LogP contribution in [0.15, 0.2) is 36.3 Å². The van der Waals surface area contributed by atoms with Crippen LogP contribution in [0.3, 0.4) is 0 Å². The number of amides is 1. The molecule has 0 bridgehead atoms. The van der Waals surface area contributed by atoms with E-state index < -0.39 is 18.0 Å². The van der Waals surface area contributed by atoms with Crippen LogP contribution in [-0.4, -0.2) is 57.4 Å². The molecule has 1 aromatic carbocycles. The first-order chi connectivity index (χ1) is 14.3. The van der Waals surface area contributed by atoms with Crippen LogP contribution in [0.2, 0.25) is 5.02 Å². The van der Waals surface area contributed by atoms with Gasteiger partial charge in [0.25, 0.3) is 0 Å². The van der Waals surface area contributed by atoms with E-state index in [1.54, 1.807) is 30.6 Å². The van der Waals surface area contributed by atoms with Crippen molar-refractivity contribution in [3.8, 4) is 0 Å². The van der Waals surface area contributed by atoms with Crippen LogP contribution in [0.5, 0.6) is 0 Å². The van der Waals surface area contributed by atoms with Gasteiger partial charge in [-0.1, -0.05) is 11.6 Å². The highest BCUT2D eigenvalue weighted by atomic mass is 35.5. The van der Waals surface area contributed by atoms with E-state index in [2.05, 4.69) is 5.32 Å². The lowest BCUT2D eigenvalue weighted by atomic mass is 9.82. The number of nitrogens with two attached hydrogens (primary N) is 1. The quantitative estimate of drug-likeness (QED) is 0.166. The van der Waals surface area contributed by atoms with Crippen molar-refractivity contribution in [1.82, 2.24) is 10.2 Å². The summed E-state index contributed by atoms with van der Waals surface area (Å²) in [7, 11) is 0. The molecule has 1 aromatic rings. The third-order valence-electron chi connectivity index (χ3n) is 5.29. The first-order valence-corrected chi connectivity index (χ1v) is 9.97. The van der Waals surface area contributed by atoms with Crippen molar-refractivity contribution in [1.29, 1.82) is 0 Å². The Bertz CT molecular complexity index is 901. The molecule has 3 unspecified atom stereocenters. The number of aliphatic hydroxyl groups excluding tert-OH is 2. The normalized spacial score (nSPS) is 21.6. The van der Waals surface area contributed by atoms with Gasteiger partial charge >= 0.3 is 5.97 Å². The SMILES string of the molecule is CC(O)C1C(=O)N2C(C(=O)O)=C(c3cc(Cl)cc(N(N)/C=C\NCCCO)c3)CC12. The molecule has 0 radical (unpaired) electrons. The standard InChI is InChI=1S/C20H25ClN4O5/c1-11(27)17-16-10-15(18(20(29)30)25(16)19(17)28)12-7-13(21)9-14(8-12)24(22)5-4-23-3-2-6-26/h4-5,7-9,11,16-17,23,26-27H,2-3,6,10,22H2,1H3,(H,29,30)/b5-4-. The Morgan fingerprint density at radius 2 is 2.20 bits per heavy atom. The molecule has 1 amide bonds. The van der Waals surface area contributed by atoms with E-state index >= 15 is 0 Å². The maximum absolute atomic E-state index is 12.4. The van der Waals surface area contributed by atoms with E-state index in [1.807, 2.05) is 0 Å². The first-order valence-electron chi connectivity index (χ1n) is 9.59. The predicted octanol–water partition coefficient (Wildman–Crippen LogP) is 0.870. The van der Waals surface area contributed by atoms with Gasteiger partial charge in [-0.3, -0.25) is 9.80 Å². The molecule has 0 saturated carbocycles. The van der Waals surface area contributed by atoms with Crippen LogP contribution in [0.1, 0.15) is 25.3 Å². The average molecular weight is 437 g/mol. The third-order valence-corrected chi connectivity index (χ3v) is 5.51. The molecular formula is C20H25ClN4O5. The number of aliphatic carboxylic acids is 1. The average Bonchev–Trinajstić information content (AvgIpc) is 3.02. The second-order valence-electron chi connectivity index (χ2n) is 7.33. The van der Waals surface area contributed by atoms with Crippen molar-refractivity contribution in [3.05, 3.63) is 46.9 Å². The topological polar surface area (TPSA) is 139 Å². The van der Waals surface area contributed by atoms with Crippen LogP contribution < -0.4 is 16.2 Å². The van der Waals surface area contributed by atoms with Crippen LogP contribution in [0.4, 0.5) is 5.69 Å². The van der Waals surface area contributed by atoms with Gasteiger partial charge in [0.2, 0.25) is 5.91 Å². The number of carboxylic acid groups (broad SMARTS) is 1. The highest BCUT2D eigenvalue weighted by molar-refractivity contribution is 6.31. The zero-order valence-corrected chi connectivity index (χ0v) is 17.2. The summed E-state index contributed by atoms with van der Waals surface area (Å²) >= 11 is 6.26. The van der Waals surface area contributed by atoms with Gasteiger partial charge in [-0.25, -0.2) is 10.6 Å². The fourth-order valence-electron chi connectivity index (χ4n) is 3.91. The Labute approximate surface area is 179 Å². The number of halogens is 1. The van der Waals surface area contributed by atoms with Crippen LogP contribution in [-0.2, 0) is 9.59 Å². The first kappa shape index (κ1) is 22.1. The van der Waals surface area contributed by atoms with Gasteiger partial charge in [0.05, 0.1) is 23.8 Å². The van der Waals surface area contributed by atoms with Crippen LogP contribution >= 0.6 is 11.6 Å². The van der Waals surface area contributed by atoms with E-state index in [0.29, 0.717) is 41.2 Å². The summed E-state index contributed by atoms with van der Waals surface area (Å²) in [6, 6.07) is 4.59. The van der Waals surface area contributed by atoms with Gasteiger partial charge in [0.15, 0.2) is 0 Å². The molecule has 10 heteroatoms. The van der Waals surface area contributed by atoms with E-state index in [1.165, 1.54) is 16.8 Å². The van der Waals surface area contributed by atoms with Gasteiger partial charge in [-0.05, 0) is 49.1 Å². The fraction of sp³-hybridized carbons (Fsp3) is 0.400. The number of carboxylic acids is 1. The van der Waals surface area contributed by atoms with Crippen molar-refractivity contribution in [2.45, 2.75) is 31.9 Å². The molecule has 0 aliphatic carbocycles. The number of aliphatic hydroxyl groups is 2. The van der Waals surface area contributed by atoms with Crippen LogP contribution in [0.25, 0.3) is 5.57 Å². The van der Waals surface area contributed by atoms with Gasteiger partial charge in [0.1, 0.15) is 5.70 Å². The van der Waals surface area contributed by atoms with Gasteiger partial charge in [0, 0.05) is 30.6 Å². The Hall–Kier alpha value is -2.59. The molecule has 162 valence electrons. The Morgan fingerprint density at radius 3 is 2.83 bits per heavy atom. The maximum Gasteiger partial charge on any atom is 0.352 e. The zero-order chi connectivity index (χ0) is 22.0. The molecule has 2 aliphatic rings. The maximum atomic E-state index is 12.4. The van der Waals surface area contributed by atoms with E-state index in [0.717, 1.165) is 0 Å². The number of β-lactam (4-membered cyclic amide) rings is 1. The van der Waals surface area contributed by atoms with Crippen molar-refractivity contribution >= 4 is 34.7 Å². The molecule has 2 aliphatic heterocycles. The summed E-state index contributed by atoms with van der Waals surface area (Å²) in [5.41, 5.74) is 1.48. The fourth-order valence-corrected chi connectivity index (χ4v) is 4.14. The number of anilines is 1. The van der Waals surface area contributed by atoms with E-state index in [9.17, 15) is 19.8 Å². The number of hydrogen-bond acceptors (Lipinski definition) is 7. The van der Waals surface area contributed by atoms with Crippen molar-refractivity contribution in [2.24, 2.45) is 11.8 Å². The third kappa shape index (κ3) is 4.15. The van der Waals surface area contributed by atoms with E-state index in [4.69, 9.17) is 22.6 Å². The van der Waals surface area contributed by atoms with Crippen molar-refractivity contribution < 1.29 is 24.9 Å². The second-order valence-corrected chi connectivity index (χ2v) is 7.77. The molecule has 0 aromatic heterocycles. The molecule has 1 fully saturated rings. The minimum absolute atomic E-state index is 0.0834. The summed E-state index contributed by atoms with van der Waals surface area (Å²) in [5, 5.41) is 33.1. The molecular weight excluding hydrogens is 412 g/mol. The highest BCUT2D eigenvalue weighted by Crippen LogP contribution is 2.47. The zero-order valence-electron chi connectivity index (χ0n) is 16.5. The molecule has 3 rings (SSSR count). The number of nitrogens with zero attached hydrogens (tertiary/aromatic N) is 2. The number of carbonyl (C=O) groups is 2. The monoisotopic (exact) mass is 436 g/mol. The van der Waals surface area contributed by atoms with Gasteiger partial charge in [-0.2, -0.15) is 0 Å². The van der Waals surface area contributed by atoms with Gasteiger partial charge < -0.3 is 25.5 Å². The van der Waals surface area contributed by atoms with Crippen LogP contribution in [0, 0.1) is 5.92 Å². The largest absolute Gasteiger partial charge is 0.477 e. The molecule has 0 spiro atoms. The molecule has 1 saturated heterocycles. The summed E-state index contributed by atoms with van der Waals surface area (Å²) in [4.78, 5) is 25.6. The minimum atomic E-state index is -1.20. The molecule has 2 heterocycles. The predicted molar refractivity (Wildman–Crippen MR) is 112 cm³/mol. The molecule has 3 atom stereocenters. The summed E-state index contributed by atoms with van der Waals surface area (Å²) < 4.78 is 0. The highest BCUT2D eigenvalue weighted by Gasteiger charge is 2.56. The Balaban J connectivity index is 1.89. The number of nitrogens with one attached hydrogen (secondary N) is 1. The number of benzene rings is 1. The molecule has 30 heavy (non-hydrogen) atoms. The number of carbonyl (C=O) groups excluding carboxylic acids is 1. The molecule has 9 nitrogen and oxygen atoms in total. The number of rotatable bonds is 9. The summed E-state index contributed by atoms with van der Waals surface area (Å²) in [5.74, 6) is 3.85. The lowest BCUT2D eigenvalue weighted by molar-refractivity contribution is -0.161. The number of fused-ring (bicyclic) bond motifs is 1. The number of hydrogen-bond donors (Lipinski definition) is 5. The Morgan fingerprint density at radius 1 is 1.47 bits per heavy atom. The van der Waals surface area contributed by atoms with Gasteiger partial charge in [-0.15, -0.1) is 0 Å². The summed E-state index contributed by atoms with van der Waals surface area (Å²) in [6.45, 7) is 2.21. The summed E-state index contributed by atoms with van der Waals surface area (Å²) in [6.07, 6.45) is 3.27. The molecule has 6 N–H and O–H groups in total. The second kappa shape index (κ2) is 9.05. The lowest BCUT2D eigenvalue weighted by Crippen LogP contribution is -2.61. The van der Waals surface area contributed by atoms with Crippen molar-refractivity contribution in [2.75, 3.05) is 18.2 Å². The van der Waals surface area contributed by atoms with E-state index in [-0.39, 0.29) is 24.3 Å². The number of hydrazine groups is 1.